The smallest absolute Gasteiger partial charge is 0.132 e. The summed E-state index contributed by atoms with van der Waals surface area (Å²) in [7, 11) is 1.90. The minimum Gasteiger partial charge on any atom is -0.374 e. The first-order valence-corrected chi connectivity index (χ1v) is 6.90. The number of ether oxygens (including phenoxy) is 1. The van der Waals surface area contributed by atoms with Gasteiger partial charge >= 0.3 is 0 Å². The average molecular weight is 267 g/mol. The van der Waals surface area contributed by atoms with Gasteiger partial charge in [0.1, 0.15) is 5.82 Å². The van der Waals surface area contributed by atoms with Crippen LogP contribution < -0.4 is 5.32 Å². The molecular weight excluding hydrogens is 249 g/mol. The first-order chi connectivity index (χ1) is 8.63. The number of benzene rings is 1. The zero-order chi connectivity index (χ0) is 13.1. The van der Waals surface area contributed by atoms with E-state index in [9.17, 15) is 4.39 Å². The molecule has 1 heterocycles. The summed E-state index contributed by atoms with van der Waals surface area (Å²) >= 11 is 1.63. The van der Waals surface area contributed by atoms with Gasteiger partial charge in [0.15, 0.2) is 0 Å². The molecule has 4 heteroatoms. The molecule has 0 saturated carbocycles. The summed E-state index contributed by atoms with van der Waals surface area (Å²) in [6.07, 6.45) is 0.147. The van der Waals surface area contributed by atoms with E-state index in [2.05, 4.69) is 5.32 Å². The van der Waals surface area contributed by atoms with E-state index in [0.717, 1.165) is 21.7 Å². The maximum absolute atomic E-state index is 14.0. The summed E-state index contributed by atoms with van der Waals surface area (Å²) in [4.78, 5) is 1.15. The number of rotatable bonds is 5. The molecule has 0 saturated heterocycles. The molecule has 1 N–H and O–H groups in total. The lowest BCUT2D eigenvalue weighted by atomic mass is 10.1. The van der Waals surface area contributed by atoms with Gasteiger partial charge in [0.25, 0.3) is 0 Å². The molecule has 0 aliphatic carbocycles. The second-order valence-electron chi connectivity index (χ2n) is 4.51. The fraction of sp³-hybridized carbons (Fsp3) is 0.429. The number of hydrogen-bond donors (Lipinski definition) is 1. The van der Waals surface area contributed by atoms with E-state index in [4.69, 9.17) is 4.74 Å². The molecule has 2 nitrogen and oxygen atoms in total. The lowest BCUT2D eigenvalue weighted by molar-refractivity contribution is 0.0661. The summed E-state index contributed by atoms with van der Waals surface area (Å²) < 4.78 is 20.6. The molecule has 0 amide bonds. The Bertz CT molecular complexity index is 536. The first kappa shape index (κ1) is 13.5. The normalized spacial score (nSPS) is 11.6. The van der Waals surface area contributed by atoms with E-state index in [1.807, 2.05) is 27.0 Å². The third-order valence-electron chi connectivity index (χ3n) is 2.75. The molecule has 98 valence electrons. The van der Waals surface area contributed by atoms with E-state index in [1.165, 1.54) is 6.07 Å². The molecule has 0 spiro atoms. The summed E-state index contributed by atoms with van der Waals surface area (Å²) in [5.41, 5.74) is 0.983. The molecule has 18 heavy (non-hydrogen) atoms. The quantitative estimate of drug-likeness (QED) is 0.892. The number of hydrogen-bond acceptors (Lipinski definition) is 3. The van der Waals surface area contributed by atoms with Crippen molar-refractivity contribution in [3.05, 3.63) is 34.5 Å². The highest BCUT2D eigenvalue weighted by Crippen LogP contribution is 2.33. The SMILES string of the molecule is CNCc1sc2cccc(F)c2c1COC(C)C. The highest BCUT2D eigenvalue weighted by atomic mass is 32.1. The topological polar surface area (TPSA) is 21.3 Å². The standard InChI is InChI=1S/C14H18FNOS/c1-9(2)17-8-10-13(7-16-3)18-12-6-4-5-11(15)14(10)12/h4-6,9,16H,7-8H2,1-3H3. The number of fused-ring (bicyclic) bond motifs is 1. The van der Waals surface area contributed by atoms with Gasteiger partial charge in [0.2, 0.25) is 0 Å². The van der Waals surface area contributed by atoms with Gasteiger partial charge < -0.3 is 10.1 Å². The largest absolute Gasteiger partial charge is 0.374 e. The molecule has 0 radical (unpaired) electrons. The highest BCUT2D eigenvalue weighted by Gasteiger charge is 2.15. The van der Waals surface area contributed by atoms with Crippen LogP contribution in [0.5, 0.6) is 0 Å². The van der Waals surface area contributed by atoms with Crippen molar-refractivity contribution in [2.24, 2.45) is 0 Å². The Morgan fingerprint density at radius 3 is 2.83 bits per heavy atom. The van der Waals surface area contributed by atoms with Crippen molar-refractivity contribution < 1.29 is 9.13 Å². The van der Waals surface area contributed by atoms with Crippen molar-refractivity contribution in [3.63, 3.8) is 0 Å². The zero-order valence-corrected chi connectivity index (χ0v) is 11.7. The van der Waals surface area contributed by atoms with Gasteiger partial charge in [-0.25, -0.2) is 4.39 Å². The van der Waals surface area contributed by atoms with Gasteiger partial charge in [-0.2, -0.15) is 0 Å². The molecule has 2 aromatic rings. The monoisotopic (exact) mass is 267 g/mol. The van der Waals surface area contributed by atoms with E-state index in [1.54, 1.807) is 17.4 Å². The van der Waals surface area contributed by atoms with E-state index in [-0.39, 0.29) is 11.9 Å². The van der Waals surface area contributed by atoms with E-state index in [0.29, 0.717) is 12.0 Å². The van der Waals surface area contributed by atoms with Crippen LogP contribution in [0.15, 0.2) is 18.2 Å². The third kappa shape index (κ3) is 2.71. The van der Waals surface area contributed by atoms with Crippen LogP contribution in [0.3, 0.4) is 0 Å². The molecule has 1 aromatic heterocycles. The van der Waals surface area contributed by atoms with Crippen molar-refractivity contribution in [1.29, 1.82) is 0 Å². The van der Waals surface area contributed by atoms with Gasteiger partial charge in [-0.3, -0.25) is 0 Å². The Hall–Kier alpha value is -0.970. The van der Waals surface area contributed by atoms with E-state index >= 15 is 0 Å². The number of halogens is 1. The lowest BCUT2D eigenvalue weighted by Gasteiger charge is -2.09. The van der Waals surface area contributed by atoms with Gasteiger partial charge in [0, 0.05) is 27.1 Å². The Morgan fingerprint density at radius 2 is 2.17 bits per heavy atom. The van der Waals surface area contributed by atoms with Crippen LogP contribution in [0, 0.1) is 5.82 Å². The van der Waals surface area contributed by atoms with Crippen molar-refractivity contribution in [2.45, 2.75) is 33.1 Å². The van der Waals surface area contributed by atoms with Gasteiger partial charge in [0.05, 0.1) is 12.7 Å². The van der Waals surface area contributed by atoms with Crippen LogP contribution in [-0.4, -0.2) is 13.2 Å². The number of thiophene rings is 1. The minimum atomic E-state index is -0.159. The lowest BCUT2D eigenvalue weighted by Crippen LogP contribution is -2.08. The average Bonchev–Trinajstić information content (AvgIpc) is 2.66. The highest BCUT2D eigenvalue weighted by molar-refractivity contribution is 7.19. The second kappa shape index (κ2) is 5.78. The fourth-order valence-corrected chi connectivity index (χ4v) is 3.16. The molecule has 1 aromatic carbocycles. The van der Waals surface area contributed by atoms with Crippen LogP contribution >= 0.6 is 11.3 Å². The predicted molar refractivity (Wildman–Crippen MR) is 74.5 cm³/mol. The van der Waals surface area contributed by atoms with Crippen LogP contribution in [0.4, 0.5) is 4.39 Å². The Labute approximate surface area is 111 Å². The fourth-order valence-electron chi connectivity index (χ4n) is 1.92. The Balaban J connectivity index is 2.47. The van der Waals surface area contributed by atoms with Gasteiger partial charge in [-0.1, -0.05) is 6.07 Å². The summed E-state index contributed by atoms with van der Waals surface area (Å²) in [5, 5.41) is 3.84. The third-order valence-corrected chi connectivity index (χ3v) is 3.94. The maximum Gasteiger partial charge on any atom is 0.132 e. The zero-order valence-electron chi connectivity index (χ0n) is 10.9. The second-order valence-corrected chi connectivity index (χ2v) is 5.64. The molecule has 0 aliphatic heterocycles. The van der Waals surface area contributed by atoms with Crippen LogP contribution in [0.25, 0.3) is 10.1 Å². The first-order valence-electron chi connectivity index (χ1n) is 6.08. The molecule has 0 atom stereocenters. The summed E-state index contributed by atoms with van der Waals surface area (Å²) in [5.74, 6) is -0.159. The van der Waals surface area contributed by atoms with Crippen molar-refractivity contribution in [1.82, 2.24) is 5.32 Å². The Kier molecular flexibility index (Phi) is 4.32. The van der Waals surface area contributed by atoms with Crippen molar-refractivity contribution in [2.75, 3.05) is 7.05 Å². The maximum atomic E-state index is 14.0. The molecule has 0 unspecified atom stereocenters. The van der Waals surface area contributed by atoms with Gasteiger partial charge in [-0.05, 0) is 33.0 Å². The van der Waals surface area contributed by atoms with Crippen molar-refractivity contribution >= 4 is 21.4 Å². The molecule has 0 aliphatic rings. The molecular formula is C14H18FNOS. The predicted octanol–water partition coefficient (Wildman–Crippen LogP) is 3.68. The number of nitrogens with one attached hydrogen (secondary N) is 1. The van der Waals surface area contributed by atoms with Gasteiger partial charge in [-0.15, -0.1) is 11.3 Å². The molecule has 0 fully saturated rings. The summed E-state index contributed by atoms with van der Waals surface area (Å²) in [6, 6.07) is 5.22. The van der Waals surface area contributed by atoms with Crippen LogP contribution in [0.2, 0.25) is 0 Å². The van der Waals surface area contributed by atoms with E-state index < -0.39 is 0 Å². The Morgan fingerprint density at radius 1 is 1.39 bits per heavy atom. The minimum absolute atomic E-state index is 0.147. The van der Waals surface area contributed by atoms with Crippen LogP contribution in [0.1, 0.15) is 24.3 Å². The summed E-state index contributed by atoms with van der Waals surface area (Å²) in [6.45, 7) is 5.19. The molecule has 2 rings (SSSR count). The molecule has 0 bridgehead atoms. The van der Waals surface area contributed by atoms with Crippen LogP contribution in [-0.2, 0) is 17.9 Å². The van der Waals surface area contributed by atoms with Crippen molar-refractivity contribution in [3.8, 4) is 0 Å².